The Bertz CT molecular complexity index is 549. The largest absolute Gasteiger partial charge is 0.383 e. The maximum atomic E-state index is 5.89. The van der Waals surface area contributed by atoms with E-state index in [4.69, 9.17) is 23.1 Å². The molecule has 4 N–H and O–H groups in total. The Kier molecular flexibility index (Phi) is 3.76. The molecule has 5 nitrogen and oxygen atoms in total. The first-order valence-corrected chi connectivity index (χ1v) is 6.23. The number of hydrogen-bond donors (Lipinski definition) is 2. The van der Waals surface area contributed by atoms with Gasteiger partial charge in [-0.3, -0.25) is 0 Å². The predicted octanol–water partition coefficient (Wildman–Crippen LogP) is 2.49. The van der Waals surface area contributed by atoms with Crippen molar-refractivity contribution in [2.45, 2.75) is 13.0 Å². The fourth-order valence-corrected chi connectivity index (χ4v) is 1.94. The molecule has 0 aliphatic rings. The van der Waals surface area contributed by atoms with Crippen LogP contribution in [0.5, 0.6) is 0 Å². The van der Waals surface area contributed by atoms with Gasteiger partial charge in [0.1, 0.15) is 11.6 Å². The van der Waals surface area contributed by atoms with E-state index in [2.05, 4.69) is 16.9 Å². The third kappa shape index (κ3) is 3.06. The van der Waals surface area contributed by atoms with Crippen molar-refractivity contribution in [1.82, 2.24) is 9.97 Å². The van der Waals surface area contributed by atoms with Gasteiger partial charge in [0, 0.05) is 18.1 Å². The van der Waals surface area contributed by atoms with Crippen LogP contribution in [0.2, 0.25) is 5.02 Å². The molecule has 0 bridgehead atoms. The molecular weight excluding hydrogens is 262 g/mol. The fourth-order valence-electron chi connectivity index (χ4n) is 1.82. The lowest BCUT2D eigenvalue weighted by Crippen LogP contribution is -2.23. The first-order chi connectivity index (χ1) is 8.97. The predicted molar refractivity (Wildman–Crippen MR) is 79.1 cm³/mol. The van der Waals surface area contributed by atoms with Crippen molar-refractivity contribution in [2.75, 3.05) is 23.4 Å². The minimum atomic E-state index is 0.117. The van der Waals surface area contributed by atoms with Crippen molar-refractivity contribution in [3.63, 3.8) is 0 Å². The highest BCUT2D eigenvalue weighted by Gasteiger charge is 2.14. The highest BCUT2D eigenvalue weighted by Crippen LogP contribution is 2.25. The van der Waals surface area contributed by atoms with Crippen molar-refractivity contribution in [2.24, 2.45) is 0 Å². The van der Waals surface area contributed by atoms with Crippen molar-refractivity contribution >= 4 is 29.2 Å². The zero-order chi connectivity index (χ0) is 14.0. The molecule has 0 fully saturated rings. The summed E-state index contributed by atoms with van der Waals surface area (Å²) in [6.45, 7) is 2.07. The molecule has 0 amide bonds. The van der Waals surface area contributed by atoms with Crippen LogP contribution in [0, 0.1) is 0 Å². The van der Waals surface area contributed by atoms with Crippen LogP contribution in [0.4, 0.5) is 17.6 Å². The van der Waals surface area contributed by atoms with Crippen LogP contribution in [-0.2, 0) is 0 Å². The van der Waals surface area contributed by atoms with Gasteiger partial charge in [0.15, 0.2) is 0 Å². The van der Waals surface area contributed by atoms with E-state index in [1.807, 2.05) is 36.2 Å². The highest BCUT2D eigenvalue weighted by atomic mass is 35.5. The molecule has 1 heterocycles. The average molecular weight is 278 g/mol. The lowest BCUT2D eigenvalue weighted by Gasteiger charge is -2.26. The molecular formula is C13H16ClN5. The molecule has 0 saturated carbocycles. The second kappa shape index (κ2) is 5.32. The Labute approximate surface area is 117 Å². The number of nitrogens with two attached hydrogens (primary N) is 2. The molecule has 2 rings (SSSR count). The lowest BCUT2D eigenvalue weighted by molar-refractivity contribution is 0.728. The van der Waals surface area contributed by atoms with Gasteiger partial charge >= 0.3 is 0 Å². The monoisotopic (exact) mass is 277 g/mol. The van der Waals surface area contributed by atoms with Gasteiger partial charge in [-0.25, -0.2) is 0 Å². The van der Waals surface area contributed by atoms with E-state index >= 15 is 0 Å². The van der Waals surface area contributed by atoms with Crippen LogP contribution in [0.3, 0.4) is 0 Å². The summed E-state index contributed by atoms with van der Waals surface area (Å²) < 4.78 is 0. The minimum absolute atomic E-state index is 0.117. The molecule has 19 heavy (non-hydrogen) atoms. The van der Waals surface area contributed by atoms with Crippen LogP contribution in [0.1, 0.15) is 18.5 Å². The van der Waals surface area contributed by atoms with Gasteiger partial charge in [0.05, 0.1) is 6.04 Å². The van der Waals surface area contributed by atoms with E-state index in [0.717, 1.165) is 5.56 Å². The number of benzene rings is 1. The van der Waals surface area contributed by atoms with Crippen molar-refractivity contribution in [3.05, 3.63) is 40.9 Å². The van der Waals surface area contributed by atoms with E-state index < -0.39 is 0 Å². The topological polar surface area (TPSA) is 81.1 Å². The second-order valence-electron chi connectivity index (χ2n) is 4.35. The molecule has 100 valence electrons. The zero-order valence-electron chi connectivity index (χ0n) is 10.8. The summed E-state index contributed by atoms with van der Waals surface area (Å²) in [7, 11) is 1.93. The molecule has 1 unspecified atom stereocenters. The number of rotatable bonds is 3. The van der Waals surface area contributed by atoms with Gasteiger partial charge in [-0.05, 0) is 24.6 Å². The smallest absolute Gasteiger partial charge is 0.223 e. The molecule has 0 radical (unpaired) electrons. The molecule has 2 aromatic rings. The average Bonchev–Trinajstić information content (AvgIpc) is 2.37. The first-order valence-electron chi connectivity index (χ1n) is 5.85. The maximum absolute atomic E-state index is 5.89. The van der Waals surface area contributed by atoms with Crippen LogP contribution in [-0.4, -0.2) is 17.0 Å². The summed E-state index contributed by atoms with van der Waals surface area (Å²) in [6.07, 6.45) is 0. The standard InChI is InChI=1S/C13H16ClN5/c1-8(9-3-5-10(14)6-4-9)19(2)12-7-11(15)17-13(16)18-12/h3-8H,1-2H3,(H4,15,16,17,18). The number of nitrogen functional groups attached to an aromatic ring is 2. The van der Waals surface area contributed by atoms with Crippen molar-refractivity contribution < 1.29 is 0 Å². The van der Waals surface area contributed by atoms with Crippen molar-refractivity contribution in [1.29, 1.82) is 0 Å². The third-order valence-corrected chi connectivity index (χ3v) is 3.30. The molecule has 1 atom stereocenters. The summed E-state index contributed by atoms with van der Waals surface area (Å²) in [5, 5.41) is 0.717. The van der Waals surface area contributed by atoms with Crippen LogP contribution in [0.25, 0.3) is 0 Å². The van der Waals surface area contributed by atoms with Crippen molar-refractivity contribution in [3.8, 4) is 0 Å². The normalized spacial score (nSPS) is 12.2. The van der Waals surface area contributed by atoms with E-state index in [9.17, 15) is 0 Å². The molecule has 0 spiro atoms. The number of hydrogen-bond acceptors (Lipinski definition) is 5. The molecule has 6 heteroatoms. The van der Waals surface area contributed by atoms with Gasteiger partial charge in [0.25, 0.3) is 0 Å². The highest BCUT2D eigenvalue weighted by molar-refractivity contribution is 6.30. The second-order valence-corrected chi connectivity index (χ2v) is 4.78. The molecule has 1 aromatic heterocycles. The Morgan fingerprint density at radius 2 is 1.79 bits per heavy atom. The van der Waals surface area contributed by atoms with Gasteiger partial charge in [0.2, 0.25) is 5.95 Å². The van der Waals surface area contributed by atoms with Gasteiger partial charge < -0.3 is 16.4 Å². The Balaban J connectivity index is 2.27. The number of aromatic nitrogens is 2. The van der Waals surface area contributed by atoms with Crippen LogP contribution < -0.4 is 16.4 Å². The summed E-state index contributed by atoms with van der Waals surface area (Å²) >= 11 is 5.89. The summed E-state index contributed by atoms with van der Waals surface area (Å²) in [5.74, 6) is 1.22. The van der Waals surface area contributed by atoms with E-state index in [0.29, 0.717) is 16.7 Å². The SMILES string of the molecule is CC(c1ccc(Cl)cc1)N(C)c1cc(N)nc(N)n1. The quantitative estimate of drug-likeness (QED) is 0.901. The van der Waals surface area contributed by atoms with Crippen LogP contribution in [0.15, 0.2) is 30.3 Å². The zero-order valence-corrected chi connectivity index (χ0v) is 11.6. The first kappa shape index (κ1) is 13.4. The van der Waals surface area contributed by atoms with E-state index in [1.54, 1.807) is 6.07 Å². The third-order valence-electron chi connectivity index (χ3n) is 3.04. The molecule has 1 aromatic carbocycles. The number of halogens is 1. The Morgan fingerprint density at radius 3 is 2.37 bits per heavy atom. The minimum Gasteiger partial charge on any atom is -0.383 e. The van der Waals surface area contributed by atoms with E-state index in [1.165, 1.54) is 0 Å². The number of nitrogens with zero attached hydrogens (tertiary/aromatic N) is 3. The van der Waals surface area contributed by atoms with Crippen LogP contribution >= 0.6 is 11.6 Å². The fraction of sp³-hybridized carbons (Fsp3) is 0.231. The summed E-state index contributed by atoms with van der Waals surface area (Å²) in [6, 6.07) is 9.51. The number of anilines is 3. The summed E-state index contributed by atoms with van der Waals surface area (Å²) in [5.41, 5.74) is 12.4. The maximum Gasteiger partial charge on any atom is 0.223 e. The van der Waals surface area contributed by atoms with Gasteiger partial charge in [-0.1, -0.05) is 23.7 Å². The molecule has 0 aliphatic heterocycles. The van der Waals surface area contributed by atoms with E-state index in [-0.39, 0.29) is 12.0 Å². The van der Waals surface area contributed by atoms with Gasteiger partial charge in [-0.2, -0.15) is 9.97 Å². The molecule has 0 aliphatic carbocycles. The Morgan fingerprint density at radius 1 is 1.16 bits per heavy atom. The molecule has 0 saturated heterocycles. The lowest BCUT2D eigenvalue weighted by atomic mass is 10.1. The van der Waals surface area contributed by atoms with Gasteiger partial charge in [-0.15, -0.1) is 0 Å². The Hall–Kier alpha value is -2.01. The summed E-state index contributed by atoms with van der Waals surface area (Å²) in [4.78, 5) is 10.0.